The van der Waals surface area contributed by atoms with Crippen molar-refractivity contribution in [2.75, 3.05) is 5.73 Å². The van der Waals surface area contributed by atoms with Gasteiger partial charge in [0.1, 0.15) is 0 Å². The van der Waals surface area contributed by atoms with E-state index in [4.69, 9.17) is 5.73 Å². The maximum Gasteiger partial charge on any atom is 0.162 e. The van der Waals surface area contributed by atoms with Gasteiger partial charge in [-0.2, -0.15) is 0 Å². The molecule has 0 heterocycles. The molecule has 18 heavy (non-hydrogen) atoms. The lowest BCUT2D eigenvalue weighted by Gasteiger charge is -2.08. The zero-order valence-electron chi connectivity index (χ0n) is 9.91. The van der Waals surface area contributed by atoms with E-state index in [0.29, 0.717) is 17.0 Å². The Bertz CT molecular complexity index is 518. The molecule has 0 saturated heterocycles. The van der Waals surface area contributed by atoms with Crippen molar-refractivity contribution in [2.24, 2.45) is 0 Å². The fraction of sp³-hybridized carbons (Fsp3) is 0.143. The van der Waals surface area contributed by atoms with Gasteiger partial charge in [-0.25, -0.2) is 8.78 Å². The molecule has 2 rings (SSSR count). The molecule has 0 aliphatic rings. The van der Waals surface area contributed by atoms with Crippen LogP contribution in [0.4, 0.5) is 14.5 Å². The van der Waals surface area contributed by atoms with Gasteiger partial charge in [-0.3, -0.25) is 0 Å². The van der Waals surface area contributed by atoms with Crippen molar-refractivity contribution >= 4 is 17.4 Å². The van der Waals surface area contributed by atoms with Crippen molar-refractivity contribution in [2.45, 2.75) is 17.6 Å². The summed E-state index contributed by atoms with van der Waals surface area (Å²) in [6.07, 6.45) is 0. The predicted molar refractivity (Wildman–Crippen MR) is 71.5 cm³/mol. The molecule has 0 aromatic heterocycles. The van der Waals surface area contributed by atoms with Crippen LogP contribution in [0.2, 0.25) is 0 Å². The van der Waals surface area contributed by atoms with E-state index in [1.54, 1.807) is 6.07 Å². The Balaban J connectivity index is 2.17. The number of benzene rings is 2. The van der Waals surface area contributed by atoms with E-state index in [2.05, 4.69) is 0 Å². The lowest BCUT2D eigenvalue weighted by molar-refractivity contribution is 0.502. The summed E-state index contributed by atoms with van der Waals surface area (Å²) < 4.78 is 26.5. The largest absolute Gasteiger partial charge is 0.398 e. The maximum absolute atomic E-state index is 13.5. The van der Waals surface area contributed by atoms with E-state index in [9.17, 15) is 8.78 Å². The van der Waals surface area contributed by atoms with Gasteiger partial charge >= 0.3 is 0 Å². The molecule has 4 heteroatoms. The molecule has 0 radical (unpaired) electrons. The van der Waals surface area contributed by atoms with Crippen LogP contribution in [0.5, 0.6) is 0 Å². The molecule has 2 aromatic rings. The monoisotopic (exact) mass is 265 g/mol. The number of rotatable bonds is 3. The molecule has 0 saturated carbocycles. The molecule has 0 fully saturated rings. The van der Waals surface area contributed by atoms with Gasteiger partial charge < -0.3 is 5.73 Å². The van der Waals surface area contributed by atoms with Crippen molar-refractivity contribution in [1.29, 1.82) is 0 Å². The molecule has 94 valence electrons. The first-order valence-corrected chi connectivity index (χ1v) is 6.49. The molecule has 0 amide bonds. The zero-order valence-corrected chi connectivity index (χ0v) is 10.7. The highest BCUT2D eigenvalue weighted by atomic mass is 32.2. The molecule has 1 nitrogen and oxygen atoms in total. The highest BCUT2D eigenvalue weighted by Gasteiger charge is 2.09. The number of anilines is 1. The van der Waals surface area contributed by atoms with Gasteiger partial charge in [-0.15, -0.1) is 11.8 Å². The van der Waals surface area contributed by atoms with E-state index >= 15 is 0 Å². The van der Waals surface area contributed by atoms with Crippen LogP contribution < -0.4 is 5.73 Å². The van der Waals surface area contributed by atoms with Gasteiger partial charge in [0.15, 0.2) is 11.6 Å². The van der Waals surface area contributed by atoms with Crippen molar-refractivity contribution in [3.05, 3.63) is 59.2 Å². The molecule has 0 aliphatic carbocycles. The fourth-order valence-electron chi connectivity index (χ4n) is 1.60. The second-order valence-electron chi connectivity index (χ2n) is 3.97. The minimum Gasteiger partial charge on any atom is -0.398 e. The van der Waals surface area contributed by atoms with Gasteiger partial charge in [0.25, 0.3) is 0 Å². The van der Waals surface area contributed by atoms with E-state index in [0.717, 1.165) is 16.5 Å². The van der Waals surface area contributed by atoms with Crippen LogP contribution in [0.3, 0.4) is 0 Å². The lowest BCUT2D eigenvalue weighted by Crippen LogP contribution is -1.94. The van der Waals surface area contributed by atoms with Crippen LogP contribution in [0.1, 0.15) is 11.1 Å². The van der Waals surface area contributed by atoms with Crippen molar-refractivity contribution in [1.82, 2.24) is 0 Å². The molecule has 0 atom stereocenters. The van der Waals surface area contributed by atoms with Gasteiger partial charge in [0, 0.05) is 21.9 Å². The quantitative estimate of drug-likeness (QED) is 0.666. The van der Waals surface area contributed by atoms with Gasteiger partial charge in [0.05, 0.1) is 0 Å². The summed E-state index contributed by atoms with van der Waals surface area (Å²) in [5.41, 5.74) is 7.84. The summed E-state index contributed by atoms with van der Waals surface area (Å²) in [5, 5.41) is 0. The molecule has 0 spiro atoms. The first-order valence-electron chi connectivity index (χ1n) is 5.50. The highest BCUT2D eigenvalue weighted by molar-refractivity contribution is 7.98. The summed E-state index contributed by atoms with van der Waals surface area (Å²) in [5.74, 6) is -1.20. The van der Waals surface area contributed by atoms with Crippen LogP contribution in [-0.2, 0) is 5.75 Å². The first kappa shape index (κ1) is 12.9. The lowest BCUT2D eigenvalue weighted by atomic mass is 10.2. The molecule has 2 N–H and O–H groups in total. The van der Waals surface area contributed by atoms with E-state index in [1.165, 1.54) is 17.8 Å². The maximum atomic E-state index is 13.5. The zero-order chi connectivity index (χ0) is 13.1. The first-order chi connectivity index (χ1) is 8.59. The van der Waals surface area contributed by atoms with Crippen LogP contribution in [0.15, 0.2) is 41.3 Å². The Kier molecular flexibility index (Phi) is 3.87. The number of hydrogen-bond donors (Lipinski definition) is 1. The summed E-state index contributed by atoms with van der Waals surface area (Å²) in [7, 11) is 0. The third-order valence-electron chi connectivity index (χ3n) is 2.74. The summed E-state index contributed by atoms with van der Waals surface area (Å²) >= 11 is 1.45. The third kappa shape index (κ3) is 2.64. The molecule has 0 unspecified atom stereocenters. The minimum atomic E-state index is -0.808. The number of nitrogens with two attached hydrogens (primary N) is 1. The van der Waals surface area contributed by atoms with Gasteiger partial charge in [-0.1, -0.05) is 18.2 Å². The standard InChI is InChI=1S/C14H13F2NS/c1-9-12(17)6-3-7-13(9)18-8-10-4-2-5-11(15)14(10)16/h2-7H,8,17H2,1H3. The van der Waals surface area contributed by atoms with Gasteiger partial charge in [-0.05, 0) is 30.7 Å². The Morgan fingerprint density at radius 1 is 1.11 bits per heavy atom. The second kappa shape index (κ2) is 5.40. The van der Waals surface area contributed by atoms with E-state index in [-0.39, 0.29) is 0 Å². The Morgan fingerprint density at radius 3 is 2.61 bits per heavy atom. The van der Waals surface area contributed by atoms with E-state index < -0.39 is 11.6 Å². The fourth-order valence-corrected chi connectivity index (χ4v) is 2.65. The topological polar surface area (TPSA) is 26.0 Å². The van der Waals surface area contributed by atoms with Crippen LogP contribution in [0, 0.1) is 18.6 Å². The van der Waals surface area contributed by atoms with Crippen LogP contribution in [0.25, 0.3) is 0 Å². The van der Waals surface area contributed by atoms with Crippen molar-refractivity contribution in [3.63, 3.8) is 0 Å². The summed E-state index contributed by atoms with van der Waals surface area (Å²) in [4.78, 5) is 0.985. The number of halogens is 2. The Labute approximate surface area is 109 Å². The summed E-state index contributed by atoms with van der Waals surface area (Å²) in [6.45, 7) is 1.92. The smallest absolute Gasteiger partial charge is 0.162 e. The number of nitrogen functional groups attached to an aromatic ring is 1. The predicted octanol–water partition coefficient (Wildman–Crippen LogP) is 4.15. The average molecular weight is 265 g/mol. The minimum absolute atomic E-state index is 0.363. The molecular weight excluding hydrogens is 252 g/mol. The molecule has 2 aromatic carbocycles. The number of thioether (sulfide) groups is 1. The number of hydrogen-bond acceptors (Lipinski definition) is 2. The van der Waals surface area contributed by atoms with Crippen LogP contribution >= 0.6 is 11.8 Å². The molecule has 0 bridgehead atoms. The van der Waals surface area contributed by atoms with E-state index in [1.807, 2.05) is 25.1 Å². The Morgan fingerprint density at radius 2 is 1.83 bits per heavy atom. The SMILES string of the molecule is Cc1c(N)cccc1SCc1cccc(F)c1F. The summed E-state index contributed by atoms with van der Waals surface area (Å²) in [6, 6.07) is 9.82. The molecular formula is C14H13F2NS. The normalized spacial score (nSPS) is 10.6. The van der Waals surface area contributed by atoms with Crippen LogP contribution in [-0.4, -0.2) is 0 Å². The van der Waals surface area contributed by atoms with Crippen molar-refractivity contribution < 1.29 is 8.78 Å². The average Bonchev–Trinajstić information content (AvgIpc) is 2.36. The highest BCUT2D eigenvalue weighted by Crippen LogP contribution is 2.29. The van der Waals surface area contributed by atoms with Gasteiger partial charge in [0.2, 0.25) is 0 Å². The second-order valence-corrected chi connectivity index (χ2v) is 4.99. The molecule has 0 aliphatic heterocycles. The van der Waals surface area contributed by atoms with Crippen molar-refractivity contribution in [3.8, 4) is 0 Å². The third-order valence-corrected chi connectivity index (χ3v) is 3.95. The Hall–Kier alpha value is -1.55.